The number of aliphatic imine (C=N–C) groups is 4. The van der Waals surface area contributed by atoms with Gasteiger partial charge < -0.3 is 0 Å². The summed E-state index contributed by atoms with van der Waals surface area (Å²) in [4.78, 5) is 61.4. The average Bonchev–Trinajstić information content (AvgIpc) is 2.91. The minimum atomic E-state index is -1.62. The molecule has 0 aromatic carbocycles. The normalized spacial score (nSPS) is 29.3. The van der Waals surface area contributed by atoms with Gasteiger partial charge in [0.05, 0.1) is 0 Å². The molecule has 0 aliphatic heterocycles. The highest BCUT2D eigenvalue weighted by molar-refractivity contribution is 5.65. The van der Waals surface area contributed by atoms with Gasteiger partial charge in [0.2, 0.25) is 35.6 Å². The van der Waals surface area contributed by atoms with Gasteiger partial charge in [-0.15, -0.1) is 0 Å². The molecule has 4 rings (SSSR count). The minimum Gasteiger partial charge on any atom is -0.211 e. The third-order valence-electron chi connectivity index (χ3n) is 6.28. The van der Waals surface area contributed by atoms with Crippen LogP contribution in [0.2, 0.25) is 0 Å². The first-order valence-corrected chi connectivity index (χ1v) is 11.4. The van der Waals surface area contributed by atoms with Gasteiger partial charge >= 0.3 is 0 Å². The number of rotatable bonds is 6. The van der Waals surface area contributed by atoms with Crippen LogP contribution in [-0.4, -0.2) is 35.6 Å². The summed E-state index contributed by atoms with van der Waals surface area (Å²) in [5.74, 6) is 0. The van der Waals surface area contributed by atoms with Gasteiger partial charge in [-0.2, -0.15) is 20.0 Å². The van der Waals surface area contributed by atoms with Gasteiger partial charge in [-0.3, -0.25) is 0 Å². The molecule has 37 heavy (non-hydrogen) atoms. The molecule has 0 atom stereocenters. The summed E-state index contributed by atoms with van der Waals surface area (Å²) >= 11 is 0. The monoisotopic (exact) mass is 488 g/mol. The van der Waals surface area contributed by atoms with Crippen molar-refractivity contribution < 1.29 is 19.2 Å². The molecule has 0 fully saturated rings. The van der Waals surface area contributed by atoms with Crippen LogP contribution in [0, 0.1) is 0 Å². The van der Waals surface area contributed by atoms with Crippen LogP contribution in [0.5, 0.6) is 0 Å². The molecule has 8 heteroatoms. The fourth-order valence-corrected chi connectivity index (χ4v) is 4.89. The van der Waals surface area contributed by atoms with Crippen molar-refractivity contribution >= 4 is 24.3 Å². The molecule has 0 saturated carbocycles. The van der Waals surface area contributed by atoms with Crippen LogP contribution >= 0.6 is 0 Å². The van der Waals surface area contributed by atoms with Gasteiger partial charge in [-0.1, -0.05) is 72.9 Å². The summed E-state index contributed by atoms with van der Waals surface area (Å²) in [6.45, 7) is 0. The second-order valence-corrected chi connectivity index (χ2v) is 8.33. The Labute approximate surface area is 212 Å². The van der Waals surface area contributed by atoms with Crippen LogP contribution in [0.1, 0.15) is 19.3 Å². The van der Waals surface area contributed by atoms with Gasteiger partial charge in [-0.25, -0.2) is 19.2 Å². The van der Waals surface area contributed by atoms with E-state index >= 15 is 0 Å². The lowest BCUT2D eigenvalue weighted by Gasteiger charge is -2.33. The predicted molar refractivity (Wildman–Crippen MR) is 137 cm³/mol. The topological polar surface area (TPSA) is 118 Å². The van der Waals surface area contributed by atoms with Crippen LogP contribution in [0.3, 0.4) is 0 Å². The van der Waals surface area contributed by atoms with E-state index in [9.17, 15) is 19.2 Å². The number of carbonyl (C=O) groups excluding carboxylic acids is 4. The molecule has 180 valence electrons. The lowest BCUT2D eigenvalue weighted by atomic mass is 9.76. The summed E-state index contributed by atoms with van der Waals surface area (Å²) in [6, 6.07) is 0. The van der Waals surface area contributed by atoms with Crippen molar-refractivity contribution in [2.45, 2.75) is 30.6 Å². The molecule has 0 aromatic heterocycles. The first-order valence-electron chi connectivity index (χ1n) is 11.4. The van der Waals surface area contributed by atoms with E-state index in [2.05, 4.69) is 20.0 Å². The summed E-state index contributed by atoms with van der Waals surface area (Å²) in [5.41, 5.74) is 0.886. The Morgan fingerprint density at radius 3 is 1.32 bits per heavy atom. The lowest BCUT2D eigenvalue weighted by molar-refractivity contribution is 0.538. The molecule has 0 N–H and O–H groups in total. The van der Waals surface area contributed by atoms with Crippen molar-refractivity contribution in [3.05, 3.63) is 119 Å². The maximum atomic E-state index is 11.4. The Hall–Kier alpha value is -5.08. The van der Waals surface area contributed by atoms with Crippen LogP contribution in [0.25, 0.3) is 0 Å². The van der Waals surface area contributed by atoms with E-state index in [1.807, 2.05) is 60.8 Å². The van der Waals surface area contributed by atoms with E-state index in [1.54, 1.807) is 48.6 Å². The third kappa shape index (κ3) is 4.86. The van der Waals surface area contributed by atoms with Crippen molar-refractivity contribution in [2.24, 2.45) is 20.0 Å². The van der Waals surface area contributed by atoms with Crippen LogP contribution in [-0.2, 0) is 19.2 Å². The molecule has 8 nitrogen and oxygen atoms in total. The van der Waals surface area contributed by atoms with Gasteiger partial charge in [0, 0.05) is 11.1 Å². The second kappa shape index (κ2) is 11.1. The lowest BCUT2D eigenvalue weighted by Crippen LogP contribution is -2.31. The summed E-state index contributed by atoms with van der Waals surface area (Å²) in [6.07, 6.45) is 32.7. The number of hydrogen-bond donors (Lipinski definition) is 0. The number of hydrogen-bond acceptors (Lipinski definition) is 8. The fourth-order valence-electron chi connectivity index (χ4n) is 4.89. The molecule has 0 radical (unpaired) electrons. The SMILES string of the molecule is O=C=NC1(N=C=O)C=CC=C(CC2=CC=CC(N=C=O)(N=C=O)C2=C2C=CC=CC2)C1=C1C=CC=CC1. The van der Waals surface area contributed by atoms with E-state index in [1.165, 1.54) is 0 Å². The minimum absolute atomic E-state index is 0.260. The molecule has 4 aliphatic carbocycles. The van der Waals surface area contributed by atoms with E-state index in [4.69, 9.17) is 0 Å². The fraction of sp³-hybridized carbons (Fsp3) is 0.172. The maximum Gasteiger partial charge on any atom is 0.238 e. The van der Waals surface area contributed by atoms with Crippen molar-refractivity contribution in [2.75, 3.05) is 0 Å². The highest BCUT2D eigenvalue weighted by Gasteiger charge is 2.41. The molecule has 0 amide bonds. The Bertz CT molecular complexity index is 1360. The van der Waals surface area contributed by atoms with Crippen molar-refractivity contribution in [1.29, 1.82) is 0 Å². The zero-order valence-electron chi connectivity index (χ0n) is 19.6. The first-order chi connectivity index (χ1) is 18.1. The van der Waals surface area contributed by atoms with Crippen LogP contribution in [0.15, 0.2) is 138 Å². The molecular formula is C29H20N4O4. The van der Waals surface area contributed by atoms with Crippen molar-refractivity contribution in [3.8, 4) is 0 Å². The molecule has 0 spiro atoms. The van der Waals surface area contributed by atoms with Crippen molar-refractivity contribution in [1.82, 2.24) is 0 Å². The smallest absolute Gasteiger partial charge is 0.211 e. The quantitative estimate of drug-likeness (QED) is 0.397. The average molecular weight is 489 g/mol. The van der Waals surface area contributed by atoms with Gasteiger partial charge in [0.25, 0.3) is 0 Å². The van der Waals surface area contributed by atoms with Gasteiger partial charge in [0.15, 0.2) is 0 Å². The van der Waals surface area contributed by atoms with E-state index < -0.39 is 11.3 Å². The highest BCUT2D eigenvalue weighted by Crippen LogP contribution is 2.45. The molecule has 0 saturated heterocycles. The standard InChI is InChI=1S/C29H20N4O4/c34-18-30-28(31-19-35)15-7-13-24(26(28)22-9-3-1-4-10-22)17-25-14-8-16-29(32-20-36,33-21-37)27(25)23-11-5-2-6-12-23/h1-9,11,13-16H,10,12,17H2. The second-order valence-electron chi connectivity index (χ2n) is 8.33. The Balaban J connectivity index is 1.92. The summed E-state index contributed by atoms with van der Waals surface area (Å²) in [7, 11) is 0. The molecule has 4 aliphatic rings. The summed E-state index contributed by atoms with van der Waals surface area (Å²) in [5, 5.41) is 0. The Kier molecular flexibility index (Phi) is 7.51. The molecular weight excluding hydrogens is 468 g/mol. The first kappa shape index (κ1) is 25.0. The Morgan fingerprint density at radius 1 is 0.595 bits per heavy atom. The number of nitrogens with zero attached hydrogens (tertiary/aromatic N) is 4. The molecule has 0 bridgehead atoms. The van der Waals surface area contributed by atoms with E-state index in [0.29, 0.717) is 35.1 Å². The summed E-state index contributed by atoms with van der Waals surface area (Å²) < 4.78 is 0. The van der Waals surface area contributed by atoms with Crippen molar-refractivity contribution in [3.63, 3.8) is 0 Å². The maximum absolute atomic E-state index is 11.4. The largest absolute Gasteiger partial charge is 0.238 e. The number of isocyanates is 4. The number of allylic oxidation sites excluding steroid dienone is 14. The molecule has 0 unspecified atom stereocenters. The predicted octanol–water partition coefficient (Wildman–Crippen LogP) is 4.73. The van der Waals surface area contributed by atoms with Crippen LogP contribution in [0.4, 0.5) is 0 Å². The zero-order chi connectivity index (χ0) is 26.1. The van der Waals surface area contributed by atoms with Gasteiger partial charge in [0.1, 0.15) is 0 Å². The Morgan fingerprint density at radius 2 is 1.00 bits per heavy atom. The van der Waals surface area contributed by atoms with E-state index in [-0.39, 0.29) is 6.42 Å². The van der Waals surface area contributed by atoms with Crippen LogP contribution < -0.4 is 0 Å². The highest BCUT2D eigenvalue weighted by atomic mass is 16.1. The van der Waals surface area contributed by atoms with Gasteiger partial charge in [-0.05, 0) is 53.7 Å². The third-order valence-corrected chi connectivity index (χ3v) is 6.28. The van der Waals surface area contributed by atoms with E-state index in [0.717, 1.165) is 11.1 Å². The molecule has 0 aromatic rings. The molecule has 0 heterocycles. The zero-order valence-corrected chi connectivity index (χ0v) is 19.6.